The topological polar surface area (TPSA) is 171 Å². The molecule has 4 amide bonds. The fourth-order valence-electron chi connectivity index (χ4n) is 2.43. The third-order valence-electron chi connectivity index (χ3n) is 4.02. The summed E-state index contributed by atoms with van der Waals surface area (Å²) in [7, 11) is 0.836. The van der Waals surface area contributed by atoms with Crippen molar-refractivity contribution < 1.29 is 61.8 Å². The van der Waals surface area contributed by atoms with Crippen molar-refractivity contribution in [3.63, 3.8) is 0 Å². The number of methoxy groups -OCH3 is 2. The van der Waals surface area contributed by atoms with Gasteiger partial charge >= 0.3 is 29.6 Å². The molecule has 0 aliphatic heterocycles. The summed E-state index contributed by atoms with van der Waals surface area (Å²) in [6.45, 7) is 1.62. The van der Waals surface area contributed by atoms with Crippen molar-refractivity contribution in [2.75, 3.05) is 38.9 Å². The van der Waals surface area contributed by atoms with Crippen LogP contribution in [0.1, 0.15) is 23.7 Å². The van der Waals surface area contributed by atoms with Crippen LogP contribution in [-0.4, -0.2) is 69.4 Å². The van der Waals surface area contributed by atoms with Gasteiger partial charge in [0.2, 0.25) is 27.7 Å². The van der Waals surface area contributed by atoms with E-state index in [2.05, 4.69) is 25.3 Å². The van der Waals surface area contributed by atoms with Crippen LogP contribution in [0.25, 0.3) is 4.72 Å². The molecule has 0 unspecified atom stereocenters. The number of amides is 4. The first kappa shape index (κ1) is 29.1. The minimum atomic E-state index is -4.69. The fraction of sp³-hybridized carbons (Fsp3) is 0.316. The van der Waals surface area contributed by atoms with Crippen molar-refractivity contribution in [2.45, 2.75) is 18.2 Å². The zero-order valence-electron chi connectivity index (χ0n) is 19.6. The third kappa shape index (κ3) is 7.55. The molecule has 13 nitrogen and oxygen atoms in total. The van der Waals surface area contributed by atoms with Gasteiger partial charge in [-0.25, -0.2) is 8.42 Å². The first-order chi connectivity index (χ1) is 15.5. The van der Waals surface area contributed by atoms with Gasteiger partial charge < -0.3 is 29.7 Å². The molecule has 2 N–H and O–H groups in total. The average molecular weight is 502 g/mol. The molecule has 2 rings (SSSR count). The third-order valence-corrected chi connectivity index (χ3v) is 5.32. The minimum Gasteiger partial charge on any atom is -0.481 e. The van der Waals surface area contributed by atoms with Gasteiger partial charge in [-0.15, -0.1) is 0 Å². The van der Waals surface area contributed by atoms with E-state index >= 15 is 0 Å². The number of carbonyl (C=O) groups is 3. The van der Waals surface area contributed by atoms with Crippen molar-refractivity contribution in [1.29, 1.82) is 0 Å². The summed E-state index contributed by atoms with van der Waals surface area (Å²) in [4.78, 5) is 44.9. The molecule has 0 radical (unpaired) electrons. The second kappa shape index (κ2) is 12.5. The summed E-state index contributed by atoms with van der Waals surface area (Å²) in [5, 5.41) is 4.61. The van der Waals surface area contributed by atoms with Gasteiger partial charge in [0.25, 0.3) is 5.91 Å². The summed E-state index contributed by atoms with van der Waals surface area (Å²) in [5.74, 6) is -1.22. The molecule has 0 bridgehead atoms. The monoisotopic (exact) mass is 502 g/mol. The number of hydrogen-bond acceptors (Lipinski definition) is 9. The van der Waals surface area contributed by atoms with Crippen LogP contribution < -0.4 is 49.7 Å². The molecule has 0 aliphatic carbocycles. The molecule has 0 saturated heterocycles. The molecule has 0 atom stereocenters. The van der Waals surface area contributed by atoms with Crippen LogP contribution in [0.3, 0.4) is 0 Å². The molecule has 1 heterocycles. The van der Waals surface area contributed by atoms with E-state index in [1.54, 1.807) is 6.92 Å². The SMILES string of the molecule is CCC(=O)Nc1ccc(C(=O)N(C)C)c(S(=O)(=O)[N-]C(=O)Nc2nc(OC)cc(OC)n2)c1.[Na+]. The van der Waals surface area contributed by atoms with E-state index in [4.69, 9.17) is 9.47 Å². The van der Waals surface area contributed by atoms with Gasteiger partial charge in [0.05, 0.1) is 30.7 Å². The predicted octanol–water partition coefficient (Wildman–Crippen LogP) is -1.16. The van der Waals surface area contributed by atoms with E-state index in [9.17, 15) is 22.8 Å². The van der Waals surface area contributed by atoms with Gasteiger partial charge in [0.15, 0.2) is 12.0 Å². The number of carbonyl (C=O) groups excluding carboxylic acids is 3. The molecule has 0 saturated carbocycles. The Morgan fingerprint density at radius 1 is 1.03 bits per heavy atom. The van der Waals surface area contributed by atoms with Crippen LogP contribution in [0, 0.1) is 0 Å². The molecule has 0 fully saturated rings. The molecule has 15 heteroatoms. The summed E-state index contributed by atoms with van der Waals surface area (Å²) < 4.78 is 39.0. The number of rotatable bonds is 8. The van der Waals surface area contributed by atoms with Crippen LogP contribution in [0.4, 0.5) is 16.4 Å². The number of nitrogens with zero attached hydrogens (tertiary/aromatic N) is 4. The number of aromatic nitrogens is 2. The molecular formula is C19H23N6NaO7S. The fourth-order valence-corrected chi connectivity index (χ4v) is 3.50. The molecule has 0 aliphatic rings. The summed E-state index contributed by atoms with van der Waals surface area (Å²) in [6, 6.07) is 3.68. The van der Waals surface area contributed by atoms with Gasteiger partial charge in [0, 0.05) is 26.2 Å². The zero-order valence-corrected chi connectivity index (χ0v) is 22.4. The van der Waals surface area contributed by atoms with Crippen molar-refractivity contribution in [3.8, 4) is 11.8 Å². The second-order valence-corrected chi connectivity index (χ2v) is 8.16. The molecular weight excluding hydrogens is 479 g/mol. The average Bonchev–Trinajstić information content (AvgIpc) is 2.77. The Balaban J connectivity index is 0.00000578. The van der Waals surface area contributed by atoms with E-state index in [1.807, 2.05) is 0 Å². The molecule has 1 aromatic heterocycles. The Hall–Kier alpha value is -2.94. The number of ether oxygens (including phenoxy) is 2. The summed E-state index contributed by atoms with van der Waals surface area (Å²) in [5.41, 5.74) is -0.113. The maximum atomic E-state index is 12.9. The van der Waals surface area contributed by atoms with E-state index < -0.39 is 26.9 Å². The van der Waals surface area contributed by atoms with Crippen molar-refractivity contribution >= 4 is 39.5 Å². The molecule has 0 spiro atoms. The smallest absolute Gasteiger partial charge is 0.481 e. The standard InChI is InChI=1S/C19H24N6O7S.Na/c1-6-14(26)20-11-7-8-12(17(27)25(2)3)13(9-11)33(29,30)24-19(28)23-18-21-15(31-4)10-16(22-18)32-5;/h7-10H,6H2,1-5H3,(H3,20,21,22,23,24,26,27,28);/q;+1/p-1. The zero-order chi connectivity index (χ0) is 24.8. The number of urea groups is 1. The van der Waals surface area contributed by atoms with Crippen LogP contribution >= 0.6 is 0 Å². The van der Waals surface area contributed by atoms with E-state index in [0.717, 1.165) is 11.0 Å². The van der Waals surface area contributed by atoms with Gasteiger partial charge in [0.1, 0.15) is 0 Å². The molecule has 2 aromatic rings. The largest absolute Gasteiger partial charge is 1.00 e. The number of benzene rings is 1. The van der Waals surface area contributed by atoms with Gasteiger partial charge in [-0.05, 0) is 18.2 Å². The first-order valence-electron chi connectivity index (χ1n) is 9.42. The van der Waals surface area contributed by atoms with E-state index in [1.165, 1.54) is 46.5 Å². The van der Waals surface area contributed by atoms with Crippen molar-refractivity contribution in [1.82, 2.24) is 14.9 Å². The number of sulfonamides is 1. The second-order valence-electron chi connectivity index (χ2n) is 6.59. The first-order valence-corrected chi connectivity index (χ1v) is 10.9. The minimum absolute atomic E-state index is 0. The van der Waals surface area contributed by atoms with Crippen molar-refractivity contribution in [2.24, 2.45) is 0 Å². The van der Waals surface area contributed by atoms with Gasteiger partial charge in [-0.3, -0.25) is 14.4 Å². The van der Waals surface area contributed by atoms with Gasteiger partial charge in [-0.1, -0.05) is 6.92 Å². The molecule has 1 aromatic carbocycles. The van der Waals surface area contributed by atoms with E-state index in [-0.39, 0.29) is 70.8 Å². The van der Waals surface area contributed by atoms with Crippen molar-refractivity contribution in [3.05, 3.63) is 34.6 Å². The molecule has 178 valence electrons. The number of anilines is 2. The normalized spacial score (nSPS) is 10.4. The summed E-state index contributed by atoms with van der Waals surface area (Å²) in [6.07, 6.45) is 0.150. The Morgan fingerprint density at radius 2 is 1.62 bits per heavy atom. The Bertz CT molecular complexity index is 1150. The van der Waals surface area contributed by atoms with E-state index in [0.29, 0.717) is 0 Å². The number of nitrogens with one attached hydrogen (secondary N) is 2. The van der Waals surface area contributed by atoms with Crippen LogP contribution in [0.2, 0.25) is 0 Å². The predicted molar refractivity (Wildman–Crippen MR) is 118 cm³/mol. The van der Waals surface area contributed by atoms with Crippen LogP contribution in [0.15, 0.2) is 29.2 Å². The Morgan fingerprint density at radius 3 is 2.12 bits per heavy atom. The van der Waals surface area contributed by atoms with Gasteiger partial charge in [-0.2, -0.15) is 9.97 Å². The Labute approximate surface area is 219 Å². The van der Waals surface area contributed by atoms with Crippen LogP contribution in [0.5, 0.6) is 11.8 Å². The summed E-state index contributed by atoms with van der Waals surface area (Å²) >= 11 is 0. The van der Waals surface area contributed by atoms with Crippen LogP contribution in [-0.2, 0) is 14.8 Å². The Kier molecular flexibility index (Phi) is 10.7. The maximum Gasteiger partial charge on any atom is 1.00 e. The number of hydrogen-bond donors (Lipinski definition) is 2. The quantitative estimate of drug-likeness (QED) is 0.423. The maximum absolute atomic E-state index is 12.9. The molecule has 34 heavy (non-hydrogen) atoms.